The van der Waals surface area contributed by atoms with Gasteiger partial charge in [0.25, 0.3) is 0 Å². The first-order valence-electron chi connectivity index (χ1n) is 24.1. The Kier molecular flexibility index (Phi) is 35.6. The molecular weight excluding hydrogens is 739 g/mol. The highest BCUT2D eigenvalue weighted by molar-refractivity contribution is 5.80. The van der Waals surface area contributed by atoms with E-state index in [1.165, 1.54) is 135 Å². The van der Waals surface area contributed by atoms with Crippen LogP contribution in [-0.2, 0) is 14.3 Å². The third-order valence-corrected chi connectivity index (χ3v) is 11.8. The molecule has 0 aromatic carbocycles. The van der Waals surface area contributed by atoms with Crippen LogP contribution in [0.25, 0.3) is 0 Å². The van der Waals surface area contributed by atoms with Crippen molar-refractivity contribution in [2.75, 3.05) is 13.2 Å². The van der Waals surface area contributed by atoms with Crippen molar-refractivity contribution in [2.24, 2.45) is 0 Å². The molecule has 0 aromatic rings. The predicted molar refractivity (Wildman–Crippen MR) is 233 cm³/mol. The second kappa shape index (κ2) is 37.6. The van der Waals surface area contributed by atoms with Crippen molar-refractivity contribution in [1.82, 2.24) is 5.32 Å². The number of amides is 1. The largest absolute Gasteiger partial charge is 0.394 e. The van der Waals surface area contributed by atoms with E-state index in [0.29, 0.717) is 12.8 Å². The summed E-state index contributed by atoms with van der Waals surface area (Å²) in [7, 11) is 0. The summed E-state index contributed by atoms with van der Waals surface area (Å²) < 4.78 is 11.1. The Hall–Kier alpha value is -1.15. The molecule has 1 fully saturated rings. The Bertz CT molecular complexity index is 954. The first-order chi connectivity index (χ1) is 28.2. The molecule has 0 aromatic heterocycles. The average molecular weight is 830 g/mol. The highest BCUT2D eigenvalue weighted by Crippen LogP contribution is 2.23. The molecule has 1 heterocycles. The number of aliphatic hydroxyl groups is 7. The summed E-state index contributed by atoms with van der Waals surface area (Å²) in [6.45, 7) is 3.43. The number of nitrogens with one attached hydrogen (secondary N) is 1. The zero-order chi connectivity index (χ0) is 42.6. The fraction of sp³-hybridized carbons (Fsp3) is 0.936. The number of aliphatic hydroxyl groups excluding tert-OH is 7. The van der Waals surface area contributed by atoms with Crippen LogP contribution in [0.3, 0.4) is 0 Å². The number of carbonyl (C=O) groups is 1. The summed E-state index contributed by atoms with van der Waals surface area (Å²) in [6.07, 6.45) is 28.3. The fourth-order valence-electron chi connectivity index (χ4n) is 7.79. The molecule has 9 atom stereocenters. The molecule has 1 rings (SSSR count). The van der Waals surface area contributed by atoms with Crippen molar-refractivity contribution in [3.8, 4) is 0 Å². The molecule has 8 N–H and O–H groups in total. The van der Waals surface area contributed by atoms with Gasteiger partial charge in [-0.05, 0) is 38.5 Å². The van der Waals surface area contributed by atoms with Crippen molar-refractivity contribution in [3.63, 3.8) is 0 Å². The Balaban J connectivity index is 2.45. The van der Waals surface area contributed by atoms with Gasteiger partial charge in [-0.3, -0.25) is 4.79 Å². The first kappa shape index (κ1) is 54.9. The summed E-state index contributed by atoms with van der Waals surface area (Å²) in [5.41, 5.74) is 0. The third-order valence-electron chi connectivity index (χ3n) is 11.8. The van der Waals surface area contributed by atoms with Crippen molar-refractivity contribution < 1.29 is 50.0 Å². The lowest BCUT2D eigenvalue weighted by molar-refractivity contribution is -0.303. The SMILES string of the molecule is CCCCCCCCCCCC/C=C/CCCC(O)C(O)C(COC1OC(CO)C(O)C(O)C1O)NC(=O)C(O)CCCCCCCCCCCCCCCCCC. The maximum absolute atomic E-state index is 13.1. The van der Waals surface area contributed by atoms with E-state index in [9.17, 15) is 40.5 Å². The molecule has 0 saturated carbocycles. The summed E-state index contributed by atoms with van der Waals surface area (Å²) in [5, 5.41) is 75.7. The van der Waals surface area contributed by atoms with Crippen LogP contribution >= 0.6 is 0 Å². The number of hydrogen-bond donors (Lipinski definition) is 8. The van der Waals surface area contributed by atoms with Gasteiger partial charge in [0.05, 0.1) is 25.4 Å². The molecule has 1 aliphatic rings. The van der Waals surface area contributed by atoms with Crippen molar-refractivity contribution in [1.29, 1.82) is 0 Å². The minimum Gasteiger partial charge on any atom is -0.394 e. The Morgan fingerprint density at radius 1 is 0.586 bits per heavy atom. The van der Waals surface area contributed by atoms with Gasteiger partial charge < -0.3 is 50.5 Å². The maximum atomic E-state index is 13.1. The summed E-state index contributed by atoms with van der Waals surface area (Å²) in [4.78, 5) is 13.1. The van der Waals surface area contributed by atoms with E-state index in [4.69, 9.17) is 9.47 Å². The van der Waals surface area contributed by atoms with Crippen LogP contribution in [0, 0.1) is 0 Å². The van der Waals surface area contributed by atoms with Crippen molar-refractivity contribution in [3.05, 3.63) is 12.2 Å². The number of rotatable bonds is 40. The molecule has 0 bridgehead atoms. The van der Waals surface area contributed by atoms with Crippen LogP contribution in [0.4, 0.5) is 0 Å². The number of allylic oxidation sites excluding steroid dienone is 2. The molecule has 0 aliphatic carbocycles. The van der Waals surface area contributed by atoms with E-state index in [1.807, 2.05) is 0 Å². The van der Waals surface area contributed by atoms with Gasteiger partial charge in [0.15, 0.2) is 6.29 Å². The Morgan fingerprint density at radius 2 is 1.02 bits per heavy atom. The van der Waals surface area contributed by atoms with Crippen LogP contribution in [0.5, 0.6) is 0 Å². The number of hydrogen-bond acceptors (Lipinski definition) is 10. The molecule has 1 amide bonds. The smallest absolute Gasteiger partial charge is 0.249 e. The van der Waals surface area contributed by atoms with Gasteiger partial charge in [0.2, 0.25) is 5.91 Å². The highest BCUT2D eigenvalue weighted by atomic mass is 16.7. The zero-order valence-corrected chi connectivity index (χ0v) is 37.0. The van der Waals surface area contributed by atoms with E-state index >= 15 is 0 Å². The van der Waals surface area contributed by atoms with Crippen LogP contribution in [0.2, 0.25) is 0 Å². The minimum absolute atomic E-state index is 0.259. The molecular formula is C47H91NO10. The number of ether oxygens (including phenoxy) is 2. The second-order valence-electron chi connectivity index (χ2n) is 17.2. The van der Waals surface area contributed by atoms with Gasteiger partial charge in [-0.1, -0.05) is 187 Å². The van der Waals surface area contributed by atoms with Gasteiger partial charge in [-0.2, -0.15) is 0 Å². The van der Waals surface area contributed by atoms with Gasteiger partial charge in [0.1, 0.15) is 36.6 Å². The van der Waals surface area contributed by atoms with E-state index in [0.717, 1.165) is 38.5 Å². The lowest BCUT2D eigenvalue weighted by Crippen LogP contribution is -2.60. The topological polar surface area (TPSA) is 189 Å². The van der Waals surface area contributed by atoms with Crippen molar-refractivity contribution >= 4 is 5.91 Å². The fourth-order valence-corrected chi connectivity index (χ4v) is 7.79. The number of carbonyl (C=O) groups excluding carboxylic acids is 1. The predicted octanol–water partition coefficient (Wildman–Crippen LogP) is 8.06. The van der Waals surface area contributed by atoms with Crippen molar-refractivity contribution in [2.45, 2.75) is 268 Å². The molecule has 0 spiro atoms. The average Bonchev–Trinajstić information content (AvgIpc) is 3.22. The van der Waals surface area contributed by atoms with Crippen LogP contribution in [0.1, 0.15) is 213 Å². The first-order valence-corrected chi connectivity index (χ1v) is 24.1. The number of unbranched alkanes of at least 4 members (excludes halogenated alkanes) is 26. The Morgan fingerprint density at radius 3 is 1.48 bits per heavy atom. The molecule has 9 unspecified atom stereocenters. The third kappa shape index (κ3) is 26.9. The van der Waals surface area contributed by atoms with E-state index in [-0.39, 0.29) is 12.8 Å². The van der Waals surface area contributed by atoms with Crippen LogP contribution < -0.4 is 5.32 Å². The maximum Gasteiger partial charge on any atom is 0.249 e. The minimum atomic E-state index is -1.66. The second-order valence-corrected chi connectivity index (χ2v) is 17.2. The monoisotopic (exact) mass is 830 g/mol. The quantitative estimate of drug-likeness (QED) is 0.0222. The normalized spacial score (nSPS) is 22.0. The van der Waals surface area contributed by atoms with Gasteiger partial charge in [0, 0.05) is 0 Å². The van der Waals surface area contributed by atoms with E-state index < -0.39 is 74.2 Å². The molecule has 11 heteroatoms. The molecule has 11 nitrogen and oxygen atoms in total. The summed E-state index contributed by atoms with van der Waals surface area (Å²) >= 11 is 0. The lowest BCUT2D eigenvalue weighted by Gasteiger charge is -2.40. The van der Waals surface area contributed by atoms with E-state index in [1.54, 1.807) is 0 Å². The van der Waals surface area contributed by atoms with Gasteiger partial charge in [-0.15, -0.1) is 0 Å². The molecule has 1 aliphatic heterocycles. The summed E-state index contributed by atoms with van der Waals surface area (Å²) in [6, 6.07) is -1.18. The van der Waals surface area contributed by atoms with Crippen LogP contribution in [-0.4, -0.2) is 110 Å². The molecule has 1 saturated heterocycles. The lowest BCUT2D eigenvalue weighted by atomic mass is 9.98. The standard InChI is InChI=1S/C47H91NO10/c1-3-5-7-9-11-13-15-17-19-21-23-25-27-29-31-33-35-40(51)46(56)48-38(37-57-47-45(55)44(54)43(53)41(36-49)58-47)42(52)39(50)34-32-30-28-26-24-22-20-18-16-14-12-10-8-6-4-2/h26,28,38-45,47,49-55H,3-25,27,29-37H2,1-2H3,(H,48,56)/b28-26+. The van der Waals surface area contributed by atoms with Crippen LogP contribution in [0.15, 0.2) is 12.2 Å². The highest BCUT2D eigenvalue weighted by Gasteiger charge is 2.44. The Labute approximate surface area is 353 Å². The zero-order valence-electron chi connectivity index (χ0n) is 37.0. The molecule has 0 radical (unpaired) electrons. The molecule has 58 heavy (non-hydrogen) atoms. The summed E-state index contributed by atoms with van der Waals surface area (Å²) in [5.74, 6) is -0.704. The van der Waals surface area contributed by atoms with Gasteiger partial charge in [-0.25, -0.2) is 0 Å². The van der Waals surface area contributed by atoms with E-state index in [2.05, 4.69) is 31.3 Å². The molecule has 344 valence electrons. The van der Waals surface area contributed by atoms with Gasteiger partial charge >= 0.3 is 0 Å².